The highest BCUT2D eigenvalue weighted by atomic mass is 19.1. The van der Waals surface area contributed by atoms with Crippen molar-refractivity contribution in [2.75, 3.05) is 12.4 Å². The van der Waals surface area contributed by atoms with Gasteiger partial charge < -0.3 is 15.4 Å². The summed E-state index contributed by atoms with van der Waals surface area (Å²) in [5.74, 6) is -0.597. The molecule has 0 bridgehead atoms. The lowest BCUT2D eigenvalue weighted by Crippen LogP contribution is -2.30. The number of carbonyl (C=O) groups is 2. The minimum absolute atomic E-state index is 0.281. The minimum atomic E-state index is -0.734. The van der Waals surface area contributed by atoms with E-state index in [0.717, 1.165) is 39.2 Å². The quantitative estimate of drug-likeness (QED) is 0.230. The molecule has 8 heteroatoms. The number of aromatic nitrogens is 2. The van der Waals surface area contributed by atoms with Gasteiger partial charge in [0.15, 0.2) is 0 Å². The number of nitrogens with zero attached hydrogens (tertiary/aromatic N) is 2. The number of urea groups is 1. The van der Waals surface area contributed by atoms with Gasteiger partial charge >= 0.3 is 12.0 Å². The topological polar surface area (TPSA) is 84.7 Å². The maximum Gasteiger partial charge on any atom is 0.319 e. The largest absolute Gasteiger partial charge is 0.468 e. The highest BCUT2D eigenvalue weighted by Gasteiger charge is 2.30. The van der Waals surface area contributed by atoms with Crippen LogP contribution in [0.4, 0.5) is 14.9 Å². The van der Waals surface area contributed by atoms with Crippen LogP contribution in [-0.2, 0) is 21.5 Å². The van der Waals surface area contributed by atoms with Crippen molar-refractivity contribution >= 4 is 23.3 Å². The van der Waals surface area contributed by atoms with Crippen molar-refractivity contribution in [2.24, 2.45) is 0 Å². The molecule has 0 spiro atoms. The van der Waals surface area contributed by atoms with Gasteiger partial charge in [-0.1, -0.05) is 48.5 Å². The highest BCUT2D eigenvalue weighted by molar-refractivity contribution is 5.90. The Morgan fingerprint density at radius 1 is 0.925 bits per heavy atom. The molecule has 2 N–H and O–H groups in total. The molecule has 0 radical (unpaired) electrons. The molecule has 2 aromatic heterocycles. The van der Waals surface area contributed by atoms with Crippen LogP contribution in [0.3, 0.4) is 0 Å². The second kappa shape index (κ2) is 11.0. The van der Waals surface area contributed by atoms with Gasteiger partial charge in [-0.25, -0.2) is 14.2 Å². The van der Waals surface area contributed by atoms with Gasteiger partial charge in [0.1, 0.15) is 11.5 Å². The summed E-state index contributed by atoms with van der Waals surface area (Å²) in [6.07, 6.45) is 3.77. The molecule has 0 saturated carbocycles. The number of halogens is 1. The molecule has 7 nitrogen and oxygen atoms in total. The Kier molecular flexibility index (Phi) is 7.33. The Hall–Kier alpha value is -4.98. The second-order valence-corrected chi connectivity index (χ2v) is 10.00. The van der Waals surface area contributed by atoms with Crippen LogP contribution in [0, 0.1) is 5.82 Å². The van der Waals surface area contributed by atoms with Crippen LogP contribution in [0.1, 0.15) is 25.0 Å². The van der Waals surface area contributed by atoms with E-state index in [-0.39, 0.29) is 24.4 Å². The number of nitrogens with one attached hydrogen (secondary N) is 2. The standard InChI is InChI=1S/C32H29FN4O3/c1-32(2,30(38)40-3)25-11-9-22(10-12-25)23-15-16-37-28(20-34-29(37)18-23)24-5-4-6-27(17-24)36-31(39)35-19-21-7-13-26(33)14-8-21/h4-18,20H,19H2,1-3H3,(H2,35,36,39). The molecule has 0 atom stereocenters. The number of amides is 2. The summed E-state index contributed by atoms with van der Waals surface area (Å²) < 4.78 is 20.0. The first-order chi connectivity index (χ1) is 19.2. The number of hydrogen-bond donors (Lipinski definition) is 2. The summed E-state index contributed by atoms with van der Waals surface area (Å²) in [5.41, 5.74) is 6.15. The average Bonchev–Trinajstić information content (AvgIpc) is 3.40. The van der Waals surface area contributed by atoms with Crippen LogP contribution in [-0.4, -0.2) is 28.5 Å². The van der Waals surface area contributed by atoms with Crippen molar-refractivity contribution < 1.29 is 18.7 Å². The lowest BCUT2D eigenvalue weighted by Gasteiger charge is -2.22. The van der Waals surface area contributed by atoms with Crippen LogP contribution in [0.25, 0.3) is 28.0 Å². The first-order valence-electron chi connectivity index (χ1n) is 12.8. The Morgan fingerprint density at radius 2 is 1.68 bits per heavy atom. The van der Waals surface area contributed by atoms with E-state index < -0.39 is 5.41 Å². The number of anilines is 1. The predicted octanol–water partition coefficient (Wildman–Crippen LogP) is 6.58. The number of rotatable bonds is 7. The van der Waals surface area contributed by atoms with E-state index in [1.54, 1.807) is 18.3 Å². The Balaban J connectivity index is 1.31. The molecule has 0 unspecified atom stereocenters. The van der Waals surface area contributed by atoms with Crippen LogP contribution >= 0.6 is 0 Å². The van der Waals surface area contributed by atoms with Gasteiger partial charge in [-0.05, 0) is 72.5 Å². The number of ether oxygens (including phenoxy) is 1. The number of methoxy groups -OCH3 is 1. The third-order valence-corrected chi connectivity index (χ3v) is 6.93. The van der Waals surface area contributed by atoms with Gasteiger partial charge in [0.05, 0.1) is 24.4 Å². The Bertz CT molecular complexity index is 1680. The van der Waals surface area contributed by atoms with Crippen LogP contribution < -0.4 is 10.6 Å². The summed E-state index contributed by atoms with van der Waals surface area (Å²) >= 11 is 0. The summed E-state index contributed by atoms with van der Waals surface area (Å²) in [7, 11) is 1.40. The third kappa shape index (κ3) is 5.56. The lowest BCUT2D eigenvalue weighted by atomic mass is 9.84. The second-order valence-electron chi connectivity index (χ2n) is 10.00. The first kappa shape index (κ1) is 26.6. The van der Waals surface area contributed by atoms with Gasteiger partial charge in [-0.3, -0.25) is 9.20 Å². The Labute approximate surface area is 231 Å². The summed E-state index contributed by atoms with van der Waals surface area (Å²) in [4.78, 5) is 29.2. The van der Waals surface area contributed by atoms with Crippen molar-refractivity contribution in [1.82, 2.24) is 14.7 Å². The van der Waals surface area contributed by atoms with Gasteiger partial charge in [0, 0.05) is 24.0 Å². The molecule has 40 heavy (non-hydrogen) atoms. The summed E-state index contributed by atoms with van der Waals surface area (Å²) in [5, 5.41) is 5.63. The van der Waals surface area contributed by atoms with E-state index in [1.807, 2.05) is 85.1 Å². The minimum Gasteiger partial charge on any atom is -0.468 e. The van der Waals surface area contributed by atoms with Crippen molar-refractivity contribution in [1.29, 1.82) is 0 Å². The van der Waals surface area contributed by atoms with Crippen molar-refractivity contribution in [3.8, 4) is 22.4 Å². The number of fused-ring (bicyclic) bond motifs is 1. The molecule has 5 rings (SSSR count). The van der Waals surface area contributed by atoms with Crippen LogP contribution in [0.15, 0.2) is 97.3 Å². The molecule has 202 valence electrons. The SMILES string of the molecule is COC(=O)C(C)(C)c1ccc(-c2ccn3c(-c4cccc(NC(=O)NCc5ccc(F)cc5)c4)cnc3c2)cc1. The lowest BCUT2D eigenvalue weighted by molar-refractivity contribution is -0.146. The monoisotopic (exact) mass is 536 g/mol. The summed E-state index contributed by atoms with van der Waals surface area (Å²) in [6.45, 7) is 3.97. The molecule has 2 amide bonds. The van der Waals surface area contributed by atoms with Crippen LogP contribution in [0.2, 0.25) is 0 Å². The van der Waals surface area contributed by atoms with E-state index >= 15 is 0 Å². The number of esters is 1. The van der Waals surface area contributed by atoms with Crippen molar-refractivity contribution in [3.05, 3.63) is 114 Å². The average molecular weight is 537 g/mol. The molecular weight excluding hydrogens is 507 g/mol. The van der Waals surface area contributed by atoms with Gasteiger partial charge in [0.25, 0.3) is 0 Å². The molecular formula is C32H29FN4O3. The molecule has 3 aromatic carbocycles. The Morgan fingerprint density at radius 3 is 2.40 bits per heavy atom. The zero-order valence-electron chi connectivity index (χ0n) is 22.4. The van der Waals surface area contributed by atoms with E-state index in [2.05, 4.69) is 15.6 Å². The molecule has 2 heterocycles. The number of hydrogen-bond acceptors (Lipinski definition) is 4. The van der Waals surface area contributed by atoms with Crippen LogP contribution in [0.5, 0.6) is 0 Å². The normalized spacial score (nSPS) is 11.3. The number of benzene rings is 3. The summed E-state index contributed by atoms with van der Waals surface area (Å²) in [6, 6.07) is 25.1. The number of imidazole rings is 1. The van der Waals surface area contributed by atoms with E-state index in [4.69, 9.17) is 4.74 Å². The fraction of sp³-hybridized carbons (Fsp3) is 0.156. The molecule has 0 fully saturated rings. The molecule has 5 aromatic rings. The molecule has 0 aliphatic carbocycles. The van der Waals surface area contributed by atoms with Gasteiger partial charge in [-0.2, -0.15) is 0 Å². The van der Waals surface area contributed by atoms with E-state index in [9.17, 15) is 14.0 Å². The third-order valence-electron chi connectivity index (χ3n) is 6.93. The highest BCUT2D eigenvalue weighted by Crippen LogP contribution is 2.30. The zero-order valence-corrected chi connectivity index (χ0v) is 22.4. The smallest absolute Gasteiger partial charge is 0.319 e. The number of carbonyl (C=O) groups excluding carboxylic acids is 2. The number of pyridine rings is 1. The fourth-order valence-electron chi connectivity index (χ4n) is 4.54. The first-order valence-corrected chi connectivity index (χ1v) is 12.8. The molecule has 0 aliphatic heterocycles. The predicted molar refractivity (Wildman–Crippen MR) is 153 cm³/mol. The maximum atomic E-state index is 13.1. The maximum absolute atomic E-state index is 13.1. The molecule has 0 saturated heterocycles. The van der Waals surface area contributed by atoms with Crippen molar-refractivity contribution in [3.63, 3.8) is 0 Å². The van der Waals surface area contributed by atoms with Gasteiger partial charge in [0.2, 0.25) is 0 Å². The zero-order chi connectivity index (χ0) is 28.3. The van der Waals surface area contributed by atoms with Gasteiger partial charge in [-0.15, -0.1) is 0 Å². The van der Waals surface area contributed by atoms with Crippen molar-refractivity contribution in [2.45, 2.75) is 25.8 Å². The molecule has 0 aliphatic rings. The van der Waals surface area contributed by atoms with E-state index in [0.29, 0.717) is 5.69 Å². The van der Waals surface area contributed by atoms with E-state index in [1.165, 1.54) is 19.2 Å². The fourth-order valence-corrected chi connectivity index (χ4v) is 4.54.